The van der Waals surface area contributed by atoms with E-state index in [0.29, 0.717) is 32.5 Å². The lowest BCUT2D eigenvalue weighted by molar-refractivity contribution is -0.145. The lowest BCUT2D eigenvalue weighted by atomic mass is 10.1. The molecule has 0 aromatic heterocycles. The van der Waals surface area contributed by atoms with E-state index >= 15 is 0 Å². The standard InChI is InChI=1S/C11H19NO5S/c1-16-11(13)9-3-2-4-10(9)18(14,15)12-8-5-6-17-7-8/h8-10,12H,2-7H2,1H3. The summed E-state index contributed by atoms with van der Waals surface area (Å²) >= 11 is 0. The van der Waals surface area contributed by atoms with Crippen LogP contribution in [0.1, 0.15) is 25.7 Å². The third kappa shape index (κ3) is 2.84. The number of sulfonamides is 1. The van der Waals surface area contributed by atoms with E-state index in [1.807, 2.05) is 0 Å². The van der Waals surface area contributed by atoms with Crippen LogP contribution >= 0.6 is 0 Å². The molecule has 6 nitrogen and oxygen atoms in total. The Kier molecular flexibility index (Phi) is 4.24. The van der Waals surface area contributed by atoms with Gasteiger partial charge in [0.15, 0.2) is 0 Å². The van der Waals surface area contributed by atoms with E-state index in [1.54, 1.807) is 0 Å². The molecule has 2 fully saturated rings. The van der Waals surface area contributed by atoms with Crippen molar-refractivity contribution in [2.24, 2.45) is 5.92 Å². The van der Waals surface area contributed by atoms with Gasteiger partial charge >= 0.3 is 5.97 Å². The minimum absolute atomic E-state index is 0.158. The molecule has 1 heterocycles. The van der Waals surface area contributed by atoms with E-state index in [0.717, 1.165) is 6.42 Å². The third-order valence-electron chi connectivity index (χ3n) is 3.62. The predicted molar refractivity (Wildman–Crippen MR) is 64.4 cm³/mol. The highest BCUT2D eigenvalue weighted by Crippen LogP contribution is 2.32. The molecule has 0 radical (unpaired) electrons. The lowest BCUT2D eigenvalue weighted by Gasteiger charge is -2.20. The number of methoxy groups -OCH3 is 1. The molecule has 1 aliphatic carbocycles. The Labute approximate surface area is 107 Å². The molecule has 3 unspecified atom stereocenters. The summed E-state index contributed by atoms with van der Waals surface area (Å²) in [7, 11) is -2.18. The summed E-state index contributed by atoms with van der Waals surface area (Å²) in [6, 6.07) is -0.158. The fraction of sp³-hybridized carbons (Fsp3) is 0.909. The van der Waals surface area contributed by atoms with Crippen molar-refractivity contribution >= 4 is 16.0 Å². The Bertz CT molecular complexity index is 402. The highest BCUT2D eigenvalue weighted by atomic mass is 32.2. The van der Waals surface area contributed by atoms with Gasteiger partial charge in [-0.15, -0.1) is 0 Å². The van der Waals surface area contributed by atoms with Crippen molar-refractivity contribution in [3.05, 3.63) is 0 Å². The average molecular weight is 277 g/mol. The summed E-state index contributed by atoms with van der Waals surface area (Å²) in [5.74, 6) is -0.958. The van der Waals surface area contributed by atoms with Gasteiger partial charge in [-0.2, -0.15) is 0 Å². The smallest absolute Gasteiger partial charge is 0.310 e. The van der Waals surface area contributed by atoms with Gasteiger partial charge < -0.3 is 9.47 Å². The molecule has 3 atom stereocenters. The maximum atomic E-state index is 12.2. The van der Waals surface area contributed by atoms with Crippen LogP contribution in [0.4, 0.5) is 0 Å². The minimum Gasteiger partial charge on any atom is -0.469 e. The van der Waals surface area contributed by atoms with Crippen LogP contribution in [-0.4, -0.2) is 46.0 Å². The number of carbonyl (C=O) groups excluding carboxylic acids is 1. The van der Waals surface area contributed by atoms with Gasteiger partial charge in [0.1, 0.15) is 0 Å². The molecule has 1 N–H and O–H groups in total. The fourth-order valence-electron chi connectivity index (χ4n) is 2.67. The SMILES string of the molecule is COC(=O)C1CCCC1S(=O)(=O)NC1CCOC1. The first kappa shape index (κ1) is 13.8. The molecule has 0 spiro atoms. The summed E-state index contributed by atoms with van der Waals surface area (Å²) in [6.45, 7) is 0.993. The maximum Gasteiger partial charge on any atom is 0.310 e. The molecule has 1 aliphatic heterocycles. The number of esters is 1. The first-order valence-corrected chi connectivity index (χ1v) is 7.76. The molecule has 104 valence electrons. The number of hydrogen-bond acceptors (Lipinski definition) is 5. The quantitative estimate of drug-likeness (QED) is 0.734. The number of ether oxygens (including phenoxy) is 2. The normalized spacial score (nSPS) is 32.6. The van der Waals surface area contributed by atoms with Gasteiger partial charge in [0.25, 0.3) is 0 Å². The Morgan fingerprint density at radius 2 is 2.11 bits per heavy atom. The van der Waals surface area contributed by atoms with Gasteiger partial charge in [-0.1, -0.05) is 6.42 Å². The van der Waals surface area contributed by atoms with Crippen LogP contribution in [0.25, 0.3) is 0 Å². The summed E-state index contributed by atoms with van der Waals surface area (Å²) in [5, 5.41) is -0.662. The van der Waals surface area contributed by atoms with Crippen molar-refractivity contribution < 1.29 is 22.7 Å². The lowest BCUT2D eigenvalue weighted by Crippen LogP contribution is -2.44. The topological polar surface area (TPSA) is 81.7 Å². The van der Waals surface area contributed by atoms with E-state index in [4.69, 9.17) is 4.74 Å². The first-order chi connectivity index (χ1) is 8.54. The predicted octanol–water partition coefficient (Wildman–Crippen LogP) is 0.0364. The van der Waals surface area contributed by atoms with Gasteiger partial charge in [0.05, 0.1) is 24.9 Å². The summed E-state index contributed by atoms with van der Waals surface area (Å²) in [4.78, 5) is 11.6. The zero-order valence-corrected chi connectivity index (χ0v) is 11.2. The van der Waals surface area contributed by atoms with Crippen LogP contribution in [0.3, 0.4) is 0 Å². The van der Waals surface area contributed by atoms with Gasteiger partial charge in [0, 0.05) is 12.6 Å². The van der Waals surface area contributed by atoms with E-state index in [-0.39, 0.29) is 6.04 Å². The van der Waals surface area contributed by atoms with Crippen LogP contribution in [0.15, 0.2) is 0 Å². The number of rotatable bonds is 4. The molecule has 2 rings (SSSR count). The third-order valence-corrected chi connectivity index (χ3v) is 5.64. The monoisotopic (exact) mass is 277 g/mol. The molecule has 7 heteroatoms. The molecule has 0 aromatic carbocycles. The molecular formula is C11H19NO5S. The summed E-state index contributed by atoms with van der Waals surface area (Å²) in [5.41, 5.74) is 0. The molecule has 1 saturated carbocycles. The van der Waals surface area contributed by atoms with Gasteiger partial charge in [-0.05, 0) is 19.3 Å². The van der Waals surface area contributed by atoms with Gasteiger partial charge in [-0.25, -0.2) is 13.1 Å². The van der Waals surface area contributed by atoms with E-state index in [2.05, 4.69) is 9.46 Å². The zero-order valence-electron chi connectivity index (χ0n) is 10.4. The second kappa shape index (κ2) is 5.54. The van der Waals surface area contributed by atoms with Crippen molar-refractivity contribution in [3.63, 3.8) is 0 Å². The second-order valence-electron chi connectivity index (χ2n) is 4.82. The van der Waals surface area contributed by atoms with Crippen molar-refractivity contribution in [2.45, 2.75) is 37.0 Å². The number of hydrogen-bond donors (Lipinski definition) is 1. The molecule has 18 heavy (non-hydrogen) atoms. The minimum atomic E-state index is -3.48. The van der Waals surface area contributed by atoms with Crippen molar-refractivity contribution in [1.29, 1.82) is 0 Å². The maximum absolute atomic E-state index is 12.2. The Morgan fingerprint density at radius 3 is 2.72 bits per heavy atom. The molecule has 0 aromatic rings. The van der Waals surface area contributed by atoms with Crippen LogP contribution < -0.4 is 4.72 Å². The van der Waals surface area contributed by atoms with Crippen LogP contribution in [0.2, 0.25) is 0 Å². The van der Waals surface area contributed by atoms with E-state index in [9.17, 15) is 13.2 Å². The number of nitrogens with one attached hydrogen (secondary N) is 1. The first-order valence-electron chi connectivity index (χ1n) is 6.21. The van der Waals surface area contributed by atoms with E-state index < -0.39 is 27.2 Å². The van der Waals surface area contributed by atoms with Crippen molar-refractivity contribution in [2.75, 3.05) is 20.3 Å². The largest absolute Gasteiger partial charge is 0.469 e. The van der Waals surface area contributed by atoms with E-state index in [1.165, 1.54) is 7.11 Å². The molecule has 1 saturated heterocycles. The number of carbonyl (C=O) groups is 1. The van der Waals surface area contributed by atoms with Crippen molar-refractivity contribution in [3.8, 4) is 0 Å². The summed E-state index contributed by atoms with van der Waals surface area (Å²) < 4.78 is 37.0. The highest BCUT2D eigenvalue weighted by molar-refractivity contribution is 7.90. The van der Waals surface area contributed by atoms with Crippen LogP contribution in [0.5, 0.6) is 0 Å². The van der Waals surface area contributed by atoms with Crippen LogP contribution in [-0.2, 0) is 24.3 Å². The van der Waals surface area contributed by atoms with Crippen LogP contribution in [0, 0.1) is 5.92 Å². The second-order valence-corrected chi connectivity index (χ2v) is 6.75. The Hall–Kier alpha value is -0.660. The highest BCUT2D eigenvalue weighted by Gasteiger charge is 2.43. The Morgan fingerprint density at radius 1 is 1.33 bits per heavy atom. The molecule has 0 bridgehead atoms. The Balaban J connectivity index is 2.05. The van der Waals surface area contributed by atoms with Crippen molar-refractivity contribution in [1.82, 2.24) is 4.72 Å². The molecule has 2 aliphatic rings. The molecular weight excluding hydrogens is 258 g/mol. The van der Waals surface area contributed by atoms with Gasteiger partial charge in [0.2, 0.25) is 10.0 Å². The average Bonchev–Trinajstić information content (AvgIpc) is 2.97. The summed E-state index contributed by atoms with van der Waals surface area (Å²) in [6.07, 6.45) is 2.53. The molecule has 0 amide bonds. The zero-order chi connectivity index (χ0) is 13.2. The van der Waals surface area contributed by atoms with Gasteiger partial charge in [-0.3, -0.25) is 4.79 Å². The fourth-order valence-corrected chi connectivity index (χ4v) is 4.65.